The molecule has 1 heterocycles. The molecule has 0 bridgehead atoms. The third-order valence-corrected chi connectivity index (χ3v) is 2.76. The summed E-state index contributed by atoms with van der Waals surface area (Å²) in [6.45, 7) is 3.70. The number of aromatic nitrogens is 1. The quantitative estimate of drug-likeness (QED) is 0.593. The van der Waals surface area contributed by atoms with Gasteiger partial charge in [-0.3, -0.25) is 10.4 Å². The summed E-state index contributed by atoms with van der Waals surface area (Å²) in [6.07, 6.45) is 3.89. The van der Waals surface area contributed by atoms with Gasteiger partial charge in [0, 0.05) is 17.3 Å². The van der Waals surface area contributed by atoms with Crippen molar-refractivity contribution in [2.24, 2.45) is 16.5 Å². The lowest BCUT2D eigenvalue weighted by molar-refractivity contribution is 0.418. The van der Waals surface area contributed by atoms with Crippen LogP contribution >= 0.6 is 0 Å². The zero-order valence-electron chi connectivity index (χ0n) is 13.1. The van der Waals surface area contributed by atoms with Crippen LogP contribution in [0, 0.1) is 18.2 Å². The molecule has 23 heavy (non-hydrogen) atoms. The summed E-state index contributed by atoms with van der Waals surface area (Å²) in [5, 5.41) is 9.68. The fraction of sp³-hybridized carbons (Fsp3) is 0.188. The average Bonchev–Trinajstić information content (AvgIpc) is 3.02. The van der Waals surface area contributed by atoms with Crippen LogP contribution in [0.2, 0.25) is 0 Å². The van der Waals surface area contributed by atoms with E-state index in [1.54, 1.807) is 38.1 Å². The normalized spacial score (nSPS) is 11.6. The summed E-state index contributed by atoms with van der Waals surface area (Å²) in [7, 11) is 0. The minimum Gasteiger partial charge on any atom is -0.402 e. The van der Waals surface area contributed by atoms with E-state index < -0.39 is 0 Å². The Morgan fingerprint density at radius 1 is 1.43 bits per heavy atom. The van der Waals surface area contributed by atoms with E-state index in [-0.39, 0.29) is 12.4 Å². The van der Waals surface area contributed by atoms with Gasteiger partial charge in [0.15, 0.2) is 0 Å². The SMILES string of the molecule is C/C(N)=C/C(=NCc1cccc(C)c1F)c1ccon1.N=CN. The van der Waals surface area contributed by atoms with Crippen molar-refractivity contribution in [3.8, 4) is 0 Å². The smallest absolute Gasteiger partial charge is 0.131 e. The Labute approximate surface area is 134 Å². The predicted octanol–water partition coefficient (Wildman–Crippen LogP) is 2.53. The third-order valence-electron chi connectivity index (χ3n) is 2.76. The van der Waals surface area contributed by atoms with Crippen molar-refractivity contribution in [3.63, 3.8) is 0 Å². The van der Waals surface area contributed by atoms with Crippen LogP contribution in [0.1, 0.15) is 23.7 Å². The zero-order chi connectivity index (χ0) is 17.2. The van der Waals surface area contributed by atoms with Gasteiger partial charge in [-0.2, -0.15) is 0 Å². The van der Waals surface area contributed by atoms with Crippen LogP contribution < -0.4 is 11.5 Å². The minimum atomic E-state index is -0.232. The first-order valence-electron chi connectivity index (χ1n) is 6.83. The van der Waals surface area contributed by atoms with Gasteiger partial charge in [-0.1, -0.05) is 23.4 Å². The van der Waals surface area contributed by atoms with Crippen LogP contribution in [0.25, 0.3) is 0 Å². The minimum absolute atomic E-state index is 0.222. The number of benzene rings is 1. The van der Waals surface area contributed by atoms with Crippen LogP contribution in [0.15, 0.2) is 51.8 Å². The van der Waals surface area contributed by atoms with Gasteiger partial charge in [-0.15, -0.1) is 0 Å². The zero-order valence-corrected chi connectivity index (χ0v) is 13.1. The molecule has 1 aromatic heterocycles. The summed E-state index contributed by atoms with van der Waals surface area (Å²) >= 11 is 0. The van der Waals surface area contributed by atoms with Gasteiger partial charge in [0.2, 0.25) is 0 Å². The Bertz CT molecular complexity index is 689. The molecule has 7 heteroatoms. The fourth-order valence-corrected chi connectivity index (χ4v) is 1.76. The molecule has 0 saturated carbocycles. The highest BCUT2D eigenvalue weighted by atomic mass is 19.1. The molecule has 0 fully saturated rings. The number of allylic oxidation sites excluding steroid dienone is 2. The maximum absolute atomic E-state index is 13.9. The molecular formula is C16H20FN5O. The highest BCUT2D eigenvalue weighted by Gasteiger charge is 2.07. The topological polar surface area (TPSA) is 114 Å². The molecule has 0 aliphatic carbocycles. The van der Waals surface area contributed by atoms with E-state index in [4.69, 9.17) is 15.7 Å². The summed E-state index contributed by atoms with van der Waals surface area (Å²) in [4.78, 5) is 4.38. The van der Waals surface area contributed by atoms with Gasteiger partial charge in [0.25, 0.3) is 0 Å². The number of aryl methyl sites for hydroxylation is 1. The van der Waals surface area contributed by atoms with E-state index >= 15 is 0 Å². The van der Waals surface area contributed by atoms with Crippen molar-refractivity contribution in [1.29, 1.82) is 5.41 Å². The number of aliphatic imine (C=N–C) groups is 1. The number of hydrogen-bond donors (Lipinski definition) is 3. The molecule has 122 valence electrons. The first-order chi connectivity index (χ1) is 11.0. The molecule has 0 unspecified atom stereocenters. The van der Waals surface area contributed by atoms with Crippen molar-refractivity contribution < 1.29 is 8.91 Å². The molecule has 0 aliphatic heterocycles. The van der Waals surface area contributed by atoms with Gasteiger partial charge >= 0.3 is 0 Å². The Kier molecular flexibility index (Phi) is 7.19. The fourth-order valence-electron chi connectivity index (χ4n) is 1.76. The molecule has 6 nitrogen and oxygen atoms in total. The van der Waals surface area contributed by atoms with Crippen LogP contribution in [0.4, 0.5) is 4.39 Å². The largest absolute Gasteiger partial charge is 0.402 e. The van der Waals surface area contributed by atoms with Crippen LogP contribution in [-0.4, -0.2) is 17.2 Å². The number of nitrogens with one attached hydrogen (secondary N) is 1. The van der Waals surface area contributed by atoms with E-state index in [1.165, 1.54) is 6.26 Å². The standard InChI is InChI=1S/C15H16FN3O.CH4N2/c1-10-4-3-5-12(15(10)16)9-18-14(8-11(2)17)13-6-7-20-19-13;2-1-3/h3-8H,9,17H2,1-2H3;1H,(H3,2,3)/b11-8-,18-14?;. The average molecular weight is 317 g/mol. The Morgan fingerprint density at radius 3 is 2.70 bits per heavy atom. The monoisotopic (exact) mass is 317 g/mol. The third kappa shape index (κ3) is 5.74. The van der Waals surface area contributed by atoms with Crippen molar-refractivity contribution in [3.05, 3.63) is 64.9 Å². The first-order valence-corrected chi connectivity index (χ1v) is 6.83. The molecule has 0 aliphatic rings. The summed E-state index contributed by atoms with van der Waals surface area (Å²) in [5.74, 6) is -0.232. The van der Waals surface area contributed by atoms with E-state index in [1.807, 2.05) is 6.07 Å². The number of nitrogens with zero attached hydrogens (tertiary/aromatic N) is 2. The first kappa shape index (κ1) is 18.1. The lowest BCUT2D eigenvalue weighted by Gasteiger charge is -2.03. The van der Waals surface area contributed by atoms with E-state index in [9.17, 15) is 4.39 Å². The number of halogens is 1. The number of rotatable bonds is 4. The van der Waals surface area contributed by atoms with Crippen molar-refractivity contribution >= 4 is 12.1 Å². The molecule has 0 radical (unpaired) electrons. The molecule has 1 aromatic carbocycles. The maximum atomic E-state index is 13.9. The van der Waals surface area contributed by atoms with E-state index in [0.717, 1.165) is 6.34 Å². The summed E-state index contributed by atoms with van der Waals surface area (Å²) in [5.41, 5.74) is 12.9. The van der Waals surface area contributed by atoms with Gasteiger partial charge in [-0.25, -0.2) is 4.39 Å². The molecular weight excluding hydrogens is 297 g/mol. The molecule has 0 amide bonds. The highest BCUT2D eigenvalue weighted by molar-refractivity contribution is 6.07. The van der Waals surface area contributed by atoms with Crippen LogP contribution in [0.3, 0.4) is 0 Å². The Morgan fingerprint density at radius 2 is 2.13 bits per heavy atom. The van der Waals surface area contributed by atoms with Gasteiger partial charge in [0.05, 0.1) is 18.6 Å². The Hall–Kier alpha value is -2.96. The molecule has 0 spiro atoms. The highest BCUT2D eigenvalue weighted by Crippen LogP contribution is 2.13. The molecule has 0 saturated heterocycles. The van der Waals surface area contributed by atoms with Crippen molar-refractivity contribution in [1.82, 2.24) is 5.16 Å². The number of nitrogens with two attached hydrogens (primary N) is 2. The van der Waals surface area contributed by atoms with Crippen LogP contribution in [-0.2, 0) is 6.54 Å². The molecule has 2 rings (SSSR count). The Balaban J connectivity index is 0.000000816. The number of hydrogen-bond acceptors (Lipinski definition) is 5. The van der Waals surface area contributed by atoms with Gasteiger partial charge in [0.1, 0.15) is 17.8 Å². The predicted molar refractivity (Wildman–Crippen MR) is 88.8 cm³/mol. The summed E-state index contributed by atoms with van der Waals surface area (Å²) in [6, 6.07) is 6.93. The molecule has 5 N–H and O–H groups in total. The summed E-state index contributed by atoms with van der Waals surface area (Å²) < 4.78 is 18.7. The second-order valence-electron chi connectivity index (χ2n) is 4.69. The lowest BCUT2D eigenvalue weighted by atomic mass is 10.1. The van der Waals surface area contributed by atoms with Crippen molar-refractivity contribution in [2.45, 2.75) is 20.4 Å². The van der Waals surface area contributed by atoms with Crippen molar-refractivity contribution in [2.75, 3.05) is 0 Å². The van der Waals surface area contributed by atoms with E-state index in [2.05, 4.69) is 15.9 Å². The maximum Gasteiger partial charge on any atom is 0.131 e. The second-order valence-corrected chi connectivity index (χ2v) is 4.69. The van der Waals surface area contributed by atoms with Gasteiger partial charge < -0.3 is 16.0 Å². The van der Waals surface area contributed by atoms with E-state index in [0.29, 0.717) is 28.2 Å². The molecule has 0 atom stereocenters. The lowest BCUT2D eigenvalue weighted by Crippen LogP contribution is -2.03. The van der Waals surface area contributed by atoms with Crippen LogP contribution in [0.5, 0.6) is 0 Å². The second kappa shape index (κ2) is 9.14. The van der Waals surface area contributed by atoms with Gasteiger partial charge in [-0.05, 0) is 25.5 Å². The molecule has 2 aromatic rings.